The highest BCUT2D eigenvalue weighted by Crippen LogP contribution is 2.13. The monoisotopic (exact) mass is 237 g/mol. The Kier molecular flexibility index (Phi) is 5.49. The standard InChI is InChI=1S/C13H19NO3/c1-10(2)17-12-6-4-11(5-7-12)8-14-13(15)9-16-3/h4-7,10H,8-9H2,1-3H3,(H,14,15). The Morgan fingerprint density at radius 3 is 2.47 bits per heavy atom. The first kappa shape index (κ1) is 13.5. The molecule has 1 aromatic carbocycles. The number of hydrogen-bond donors (Lipinski definition) is 1. The number of carbonyl (C=O) groups excluding carboxylic acids is 1. The Hall–Kier alpha value is -1.55. The molecule has 4 heteroatoms. The number of rotatable bonds is 6. The summed E-state index contributed by atoms with van der Waals surface area (Å²) in [5.74, 6) is 0.724. The van der Waals surface area contributed by atoms with Crippen LogP contribution in [0.2, 0.25) is 0 Å². The van der Waals surface area contributed by atoms with Crippen LogP contribution in [0.1, 0.15) is 19.4 Å². The summed E-state index contributed by atoms with van der Waals surface area (Å²) in [7, 11) is 1.50. The number of hydrogen-bond acceptors (Lipinski definition) is 3. The van der Waals surface area contributed by atoms with Crippen LogP contribution in [-0.4, -0.2) is 25.7 Å². The van der Waals surface area contributed by atoms with Gasteiger partial charge in [0, 0.05) is 13.7 Å². The van der Waals surface area contributed by atoms with Crippen molar-refractivity contribution >= 4 is 5.91 Å². The SMILES string of the molecule is COCC(=O)NCc1ccc(OC(C)C)cc1. The van der Waals surface area contributed by atoms with Crippen molar-refractivity contribution < 1.29 is 14.3 Å². The van der Waals surface area contributed by atoms with Gasteiger partial charge in [-0.25, -0.2) is 0 Å². The third-order valence-electron chi connectivity index (χ3n) is 2.06. The fourth-order valence-electron chi connectivity index (χ4n) is 1.34. The molecule has 0 aliphatic rings. The van der Waals surface area contributed by atoms with Gasteiger partial charge in [-0.3, -0.25) is 4.79 Å². The lowest BCUT2D eigenvalue weighted by atomic mass is 10.2. The lowest BCUT2D eigenvalue weighted by molar-refractivity contribution is -0.124. The Morgan fingerprint density at radius 2 is 1.94 bits per heavy atom. The van der Waals surface area contributed by atoms with Gasteiger partial charge < -0.3 is 14.8 Å². The first-order valence-electron chi connectivity index (χ1n) is 5.63. The van der Waals surface area contributed by atoms with E-state index in [9.17, 15) is 4.79 Å². The molecule has 4 nitrogen and oxygen atoms in total. The van der Waals surface area contributed by atoms with E-state index in [1.165, 1.54) is 7.11 Å². The summed E-state index contributed by atoms with van der Waals surface area (Å²) in [6.45, 7) is 4.57. The Labute approximate surface area is 102 Å². The van der Waals surface area contributed by atoms with Gasteiger partial charge >= 0.3 is 0 Å². The number of amides is 1. The van der Waals surface area contributed by atoms with Gasteiger partial charge in [-0.15, -0.1) is 0 Å². The zero-order valence-corrected chi connectivity index (χ0v) is 10.5. The minimum Gasteiger partial charge on any atom is -0.491 e. The van der Waals surface area contributed by atoms with Crippen molar-refractivity contribution in [2.75, 3.05) is 13.7 Å². The van der Waals surface area contributed by atoms with Gasteiger partial charge in [0.25, 0.3) is 0 Å². The molecule has 1 amide bonds. The molecule has 0 aliphatic carbocycles. The second kappa shape index (κ2) is 6.91. The molecule has 0 unspecified atom stereocenters. The topological polar surface area (TPSA) is 47.6 Å². The van der Waals surface area contributed by atoms with Crippen LogP contribution in [0, 0.1) is 0 Å². The highest BCUT2D eigenvalue weighted by atomic mass is 16.5. The second-order valence-electron chi connectivity index (χ2n) is 4.02. The molecule has 0 heterocycles. The van der Waals surface area contributed by atoms with Crippen molar-refractivity contribution in [1.29, 1.82) is 0 Å². The van der Waals surface area contributed by atoms with Crippen molar-refractivity contribution in [3.05, 3.63) is 29.8 Å². The molecule has 94 valence electrons. The van der Waals surface area contributed by atoms with E-state index < -0.39 is 0 Å². The highest BCUT2D eigenvalue weighted by Gasteiger charge is 2.01. The number of benzene rings is 1. The molecule has 0 saturated heterocycles. The van der Waals surface area contributed by atoms with Gasteiger partial charge in [-0.1, -0.05) is 12.1 Å². The quantitative estimate of drug-likeness (QED) is 0.819. The van der Waals surface area contributed by atoms with E-state index >= 15 is 0 Å². The van der Waals surface area contributed by atoms with E-state index in [1.807, 2.05) is 38.1 Å². The van der Waals surface area contributed by atoms with Crippen LogP contribution in [0.3, 0.4) is 0 Å². The molecule has 0 fully saturated rings. The molecule has 0 aliphatic heterocycles. The zero-order valence-electron chi connectivity index (χ0n) is 10.5. The molecule has 1 N–H and O–H groups in total. The largest absolute Gasteiger partial charge is 0.491 e. The lowest BCUT2D eigenvalue weighted by Crippen LogP contribution is -2.26. The summed E-state index contributed by atoms with van der Waals surface area (Å²) < 4.78 is 10.2. The van der Waals surface area contributed by atoms with Crippen molar-refractivity contribution in [1.82, 2.24) is 5.32 Å². The lowest BCUT2D eigenvalue weighted by Gasteiger charge is -2.10. The van der Waals surface area contributed by atoms with Gasteiger partial charge in [0.1, 0.15) is 12.4 Å². The summed E-state index contributed by atoms with van der Waals surface area (Å²) in [6, 6.07) is 7.67. The van der Waals surface area contributed by atoms with Gasteiger partial charge in [-0.2, -0.15) is 0 Å². The molecule has 0 atom stereocenters. The summed E-state index contributed by atoms with van der Waals surface area (Å²) in [5, 5.41) is 2.76. The highest BCUT2D eigenvalue weighted by molar-refractivity contribution is 5.77. The van der Waals surface area contributed by atoms with E-state index in [0.717, 1.165) is 11.3 Å². The molecule has 1 rings (SSSR count). The maximum Gasteiger partial charge on any atom is 0.246 e. The van der Waals surface area contributed by atoms with E-state index in [-0.39, 0.29) is 18.6 Å². The number of carbonyl (C=O) groups is 1. The molecular weight excluding hydrogens is 218 g/mol. The van der Waals surface area contributed by atoms with Crippen molar-refractivity contribution in [2.24, 2.45) is 0 Å². The van der Waals surface area contributed by atoms with Gasteiger partial charge in [0.2, 0.25) is 5.91 Å². The van der Waals surface area contributed by atoms with Crippen LogP contribution in [0.15, 0.2) is 24.3 Å². The van der Waals surface area contributed by atoms with Crippen LogP contribution in [0.4, 0.5) is 0 Å². The zero-order chi connectivity index (χ0) is 12.7. The van der Waals surface area contributed by atoms with E-state index in [1.54, 1.807) is 0 Å². The molecule has 17 heavy (non-hydrogen) atoms. The summed E-state index contributed by atoms with van der Waals surface area (Å²) in [5.41, 5.74) is 1.03. The number of nitrogens with one attached hydrogen (secondary N) is 1. The Bertz CT molecular complexity index is 346. The van der Waals surface area contributed by atoms with Crippen LogP contribution in [0.5, 0.6) is 5.75 Å². The fraction of sp³-hybridized carbons (Fsp3) is 0.462. The van der Waals surface area contributed by atoms with Gasteiger partial charge in [-0.05, 0) is 31.5 Å². The summed E-state index contributed by atoms with van der Waals surface area (Å²) in [6.07, 6.45) is 0.169. The Morgan fingerprint density at radius 1 is 1.29 bits per heavy atom. The Balaban J connectivity index is 2.42. The maximum absolute atomic E-state index is 11.2. The number of ether oxygens (including phenoxy) is 2. The van der Waals surface area contributed by atoms with Gasteiger partial charge in [0.05, 0.1) is 6.10 Å². The normalized spacial score (nSPS) is 10.4. The molecule has 0 aromatic heterocycles. The molecular formula is C13H19NO3. The minimum absolute atomic E-state index is 0.0918. The fourth-order valence-corrected chi connectivity index (χ4v) is 1.34. The second-order valence-corrected chi connectivity index (χ2v) is 4.02. The van der Waals surface area contributed by atoms with Crippen molar-refractivity contribution in [2.45, 2.75) is 26.5 Å². The predicted molar refractivity (Wildman–Crippen MR) is 65.9 cm³/mol. The molecule has 1 aromatic rings. The average Bonchev–Trinajstić information content (AvgIpc) is 2.28. The molecule has 0 bridgehead atoms. The summed E-state index contributed by atoms with van der Waals surface area (Å²) in [4.78, 5) is 11.2. The smallest absolute Gasteiger partial charge is 0.246 e. The average molecular weight is 237 g/mol. The van der Waals surface area contributed by atoms with E-state index in [2.05, 4.69) is 5.32 Å². The van der Waals surface area contributed by atoms with Gasteiger partial charge in [0.15, 0.2) is 0 Å². The van der Waals surface area contributed by atoms with Crippen molar-refractivity contribution in [3.63, 3.8) is 0 Å². The molecule has 0 spiro atoms. The van der Waals surface area contributed by atoms with E-state index in [4.69, 9.17) is 9.47 Å². The van der Waals surface area contributed by atoms with Crippen molar-refractivity contribution in [3.8, 4) is 5.75 Å². The third kappa shape index (κ3) is 5.36. The number of methoxy groups -OCH3 is 1. The predicted octanol–water partition coefficient (Wildman–Crippen LogP) is 1.74. The van der Waals surface area contributed by atoms with Crippen LogP contribution in [-0.2, 0) is 16.1 Å². The van der Waals surface area contributed by atoms with E-state index in [0.29, 0.717) is 6.54 Å². The van der Waals surface area contributed by atoms with Crippen LogP contribution in [0.25, 0.3) is 0 Å². The first-order chi connectivity index (χ1) is 8.11. The maximum atomic E-state index is 11.2. The first-order valence-corrected chi connectivity index (χ1v) is 5.63. The molecule has 0 radical (unpaired) electrons. The van der Waals surface area contributed by atoms with Crippen LogP contribution < -0.4 is 10.1 Å². The summed E-state index contributed by atoms with van der Waals surface area (Å²) >= 11 is 0. The molecule has 0 saturated carbocycles. The minimum atomic E-state index is -0.116. The third-order valence-corrected chi connectivity index (χ3v) is 2.06. The van der Waals surface area contributed by atoms with Crippen LogP contribution >= 0.6 is 0 Å².